The fourth-order valence-corrected chi connectivity index (χ4v) is 9.93. The molecule has 282 valence electrons. The molecule has 0 aliphatic carbocycles. The van der Waals surface area contributed by atoms with Gasteiger partial charge in [0.1, 0.15) is 11.6 Å². The van der Waals surface area contributed by atoms with Gasteiger partial charge < -0.3 is 0 Å². The maximum Gasteiger partial charge on any atom is 0.165 e. The lowest BCUT2D eigenvalue weighted by Crippen LogP contribution is -2.25. The predicted octanol–water partition coefficient (Wildman–Crippen LogP) is 13.3. The molecule has 0 saturated carbocycles. The van der Waals surface area contributed by atoms with Crippen molar-refractivity contribution in [2.75, 3.05) is 0 Å². The first-order chi connectivity index (χ1) is 28.1. The van der Waals surface area contributed by atoms with E-state index in [0.717, 1.165) is 40.3 Å². The van der Waals surface area contributed by atoms with Crippen molar-refractivity contribution in [1.29, 1.82) is 0 Å². The van der Waals surface area contributed by atoms with Crippen LogP contribution in [0.1, 0.15) is 51.8 Å². The molecule has 10 rings (SSSR count). The Morgan fingerprint density at radius 2 is 0.948 bits per heavy atom. The van der Waals surface area contributed by atoms with Gasteiger partial charge in [-0.3, -0.25) is 0 Å². The number of aromatic nitrogens is 6. The quantitative estimate of drug-likeness (QED) is 0.160. The fourth-order valence-electron chi connectivity index (χ4n) is 7.63. The predicted molar refractivity (Wildman–Crippen MR) is 243 cm³/mol. The van der Waals surface area contributed by atoms with Gasteiger partial charge in [0, 0.05) is 73.4 Å². The molecular weight excluding hydrogens is 749 g/mol. The van der Waals surface area contributed by atoms with E-state index in [4.69, 9.17) is 29.9 Å². The zero-order valence-corrected chi connectivity index (χ0v) is 34.6. The molecule has 0 saturated heterocycles. The van der Waals surface area contributed by atoms with Gasteiger partial charge in [-0.2, -0.15) is 0 Å². The number of hydrogen-bond acceptors (Lipinski definition) is 8. The highest BCUT2D eigenvalue weighted by molar-refractivity contribution is 7.26. The number of hydrogen-bond donors (Lipinski definition) is 0. The lowest BCUT2D eigenvalue weighted by atomic mass is 9.84. The van der Waals surface area contributed by atoms with Gasteiger partial charge >= 0.3 is 0 Å². The Morgan fingerprint density at radius 1 is 0.414 bits per heavy atom. The molecule has 0 aliphatic rings. The smallest absolute Gasteiger partial charge is 0.165 e. The van der Waals surface area contributed by atoms with Crippen molar-refractivity contribution >= 4 is 63.0 Å². The van der Waals surface area contributed by atoms with E-state index in [1.54, 1.807) is 11.3 Å². The molecule has 0 bridgehead atoms. The van der Waals surface area contributed by atoms with Crippen LogP contribution in [0.5, 0.6) is 0 Å². The molecule has 0 spiro atoms. The Balaban J connectivity index is 1.00. The summed E-state index contributed by atoms with van der Waals surface area (Å²) in [5.74, 6) is 4.24. The lowest BCUT2D eigenvalue weighted by Gasteiger charge is -2.24. The lowest BCUT2D eigenvalue weighted by molar-refractivity contribution is 0.486. The van der Waals surface area contributed by atoms with Gasteiger partial charge in [-0.1, -0.05) is 138 Å². The second-order valence-corrected chi connectivity index (χ2v) is 18.7. The number of benzene rings is 6. The summed E-state index contributed by atoms with van der Waals surface area (Å²) in [5, 5.41) is 4.95. The summed E-state index contributed by atoms with van der Waals surface area (Å²) in [6, 6.07) is 48.9. The molecule has 0 atom stereocenters. The molecule has 0 unspecified atom stereocenters. The maximum absolute atomic E-state index is 5.19. The molecule has 58 heavy (non-hydrogen) atoms. The van der Waals surface area contributed by atoms with Crippen LogP contribution in [-0.2, 0) is 17.3 Å². The molecule has 10 aromatic rings. The zero-order valence-electron chi connectivity index (χ0n) is 33.0. The molecule has 8 heteroatoms. The average Bonchev–Trinajstić information content (AvgIpc) is 3.82. The van der Waals surface area contributed by atoms with Gasteiger partial charge in [0.25, 0.3) is 0 Å². The van der Waals surface area contributed by atoms with E-state index in [2.05, 4.69) is 156 Å². The third-order valence-electron chi connectivity index (χ3n) is 10.7. The van der Waals surface area contributed by atoms with Crippen LogP contribution in [-0.4, -0.2) is 29.9 Å². The topological polar surface area (TPSA) is 77.3 Å². The van der Waals surface area contributed by atoms with Gasteiger partial charge in [0.15, 0.2) is 23.3 Å². The van der Waals surface area contributed by atoms with Crippen LogP contribution in [0.3, 0.4) is 0 Å². The van der Waals surface area contributed by atoms with Crippen LogP contribution in [0.4, 0.5) is 0 Å². The number of nitrogens with zero attached hydrogens (tertiary/aromatic N) is 6. The minimum atomic E-state index is -0.412. The molecular formula is C50H40N6S2. The molecule has 0 radical (unpaired) electrons. The Kier molecular flexibility index (Phi) is 8.73. The van der Waals surface area contributed by atoms with Crippen molar-refractivity contribution in [3.63, 3.8) is 0 Å². The van der Waals surface area contributed by atoms with Crippen LogP contribution in [0.15, 0.2) is 140 Å². The van der Waals surface area contributed by atoms with E-state index in [9.17, 15) is 0 Å². The third-order valence-corrected chi connectivity index (χ3v) is 13.1. The molecule has 6 aromatic carbocycles. The van der Waals surface area contributed by atoms with Gasteiger partial charge in [-0.15, -0.1) is 22.7 Å². The van der Waals surface area contributed by atoms with Crippen LogP contribution in [0.25, 0.3) is 85.9 Å². The summed E-state index contributed by atoms with van der Waals surface area (Å²) in [4.78, 5) is 30.6. The average molecular weight is 789 g/mol. The van der Waals surface area contributed by atoms with Crippen molar-refractivity contribution < 1.29 is 0 Å². The standard InChI is InChI=1S/C50H40N6S2/c1-49(2,3)47-53-44(52-46(56-47)37-19-13-18-36-34-16-9-12-21-40(34)58-42(36)37)32-24-22-30(23-25-32)29-50(4,5)48-54-43(31-14-7-6-8-15-31)51-45(55-48)33-26-27-41-38(28-33)35-17-10-11-20-39(35)57-41/h6-28H,29H2,1-5H3. The van der Waals surface area contributed by atoms with Gasteiger partial charge in [0.2, 0.25) is 0 Å². The highest BCUT2D eigenvalue weighted by Gasteiger charge is 2.28. The van der Waals surface area contributed by atoms with Crippen molar-refractivity contribution in [2.45, 2.75) is 51.9 Å². The number of rotatable bonds is 7. The monoisotopic (exact) mass is 788 g/mol. The second kappa shape index (κ2) is 14.0. The van der Waals surface area contributed by atoms with Crippen molar-refractivity contribution in [2.24, 2.45) is 0 Å². The summed E-state index contributed by atoms with van der Waals surface area (Å²) in [6.07, 6.45) is 0.725. The van der Waals surface area contributed by atoms with Crippen molar-refractivity contribution in [3.8, 4) is 45.6 Å². The Bertz CT molecular complexity index is 3160. The van der Waals surface area contributed by atoms with Crippen molar-refractivity contribution in [1.82, 2.24) is 29.9 Å². The summed E-state index contributed by atoms with van der Waals surface area (Å²) >= 11 is 3.60. The third kappa shape index (κ3) is 6.62. The summed E-state index contributed by atoms with van der Waals surface area (Å²) in [7, 11) is 0. The highest BCUT2D eigenvalue weighted by atomic mass is 32.1. The van der Waals surface area contributed by atoms with Crippen molar-refractivity contribution in [3.05, 3.63) is 157 Å². The molecule has 0 aliphatic heterocycles. The van der Waals surface area contributed by atoms with Crippen LogP contribution in [0.2, 0.25) is 0 Å². The highest BCUT2D eigenvalue weighted by Crippen LogP contribution is 2.40. The summed E-state index contributed by atoms with van der Waals surface area (Å²) < 4.78 is 4.98. The maximum atomic E-state index is 5.19. The van der Waals surface area contributed by atoms with Gasteiger partial charge in [-0.25, -0.2) is 29.9 Å². The summed E-state index contributed by atoms with van der Waals surface area (Å²) in [5.41, 5.74) is 4.41. The zero-order chi connectivity index (χ0) is 39.6. The van der Waals surface area contributed by atoms with E-state index >= 15 is 0 Å². The molecule has 4 heterocycles. The van der Waals surface area contributed by atoms with Crippen LogP contribution in [0, 0.1) is 0 Å². The first kappa shape index (κ1) is 36.1. The van der Waals surface area contributed by atoms with E-state index in [1.165, 1.54) is 45.9 Å². The van der Waals surface area contributed by atoms with Gasteiger partial charge in [-0.05, 0) is 48.4 Å². The fraction of sp³-hybridized carbons (Fsp3) is 0.160. The molecule has 0 N–H and O–H groups in total. The Morgan fingerprint density at radius 3 is 1.67 bits per heavy atom. The first-order valence-corrected chi connectivity index (χ1v) is 21.2. The minimum Gasteiger partial charge on any atom is -0.212 e. The Labute approximate surface area is 345 Å². The number of thiophene rings is 2. The number of fused-ring (bicyclic) bond motifs is 6. The van der Waals surface area contributed by atoms with E-state index < -0.39 is 5.41 Å². The first-order valence-electron chi connectivity index (χ1n) is 19.6. The minimum absolute atomic E-state index is 0.268. The molecule has 6 nitrogen and oxygen atoms in total. The second-order valence-electron chi connectivity index (χ2n) is 16.6. The molecule has 0 fully saturated rings. The SMILES string of the molecule is CC(C)(C)c1nc(-c2ccc(CC(C)(C)c3nc(-c4ccccc4)nc(-c4ccc5sc6ccccc6c5c4)n3)cc2)nc(-c2cccc3c2sc2ccccc23)n1. The van der Waals surface area contributed by atoms with Gasteiger partial charge in [0.05, 0.1) is 0 Å². The largest absolute Gasteiger partial charge is 0.212 e. The van der Waals surface area contributed by atoms with E-state index in [1.807, 2.05) is 29.5 Å². The molecule has 0 amide bonds. The van der Waals surface area contributed by atoms with Crippen LogP contribution < -0.4 is 0 Å². The Hall–Kier alpha value is -6.22. The normalized spacial score (nSPS) is 12.3. The van der Waals surface area contributed by atoms with E-state index in [0.29, 0.717) is 23.3 Å². The van der Waals surface area contributed by atoms with E-state index in [-0.39, 0.29) is 5.41 Å². The summed E-state index contributed by atoms with van der Waals surface area (Å²) in [6.45, 7) is 10.9. The van der Waals surface area contributed by atoms with Crippen LogP contribution >= 0.6 is 22.7 Å². The molecule has 4 aromatic heterocycles.